The molecule has 0 bridgehead atoms. The summed E-state index contributed by atoms with van der Waals surface area (Å²) in [5.41, 5.74) is 1.39. The summed E-state index contributed by atoms with van der Waals surface area (Å²) in [6.07, 6.45) is 0. The van der Waals surface area contributed by atoms with Crippen LogP contribution in [0.5, 0.6) is 5.75 Å². The number of hydrogen-bond acceptors (Lipinski definition) is 5. The maximum atomic E-state index is 12.9. The molecule has 0 heterocycles. The highest BCUT2D eigenvalue weighted by Gasteiger charge is 2.23. The topological polar surface area (TPSA) is 72.9 Å². The lowest BCUT2D eigenvalue weighted by atomic mass is 10.2. The van der Waals surface area contributed by atoms with Crippen molar-refractivity contribution in [3.05, 3.63) is 53.6 Å². The van der Waals surface area contributed by atoms with Gasteiger partial charge in [-0.3, -0.25) is 4.31 Å². The zero-order valence-electron chi connectivity index (χ0n) is 14.6. The van der Waals surface area contributed by atoms with E-state index in [1.807, 2.05) is 0 Å². The van der Waals surface area contributed by atoms with Crippen molar-refractivity contribution in [2.24, 2.45) is 0 Å². The van der Waals surface area contributed by atoms with Crippen LogP contribution in [0.25, 0.3) is 0 Å². The fourth-order valence-corrected chi connectivity index (χ4v) is 3.62. The Morgan fingerprint density at radius 1 is 1.16 bits per heavy atom. The van der Waals surface area contributed by atoms with Crippen molar-refractivity contribution in [1.82, 2.24) is 0 Å². The molecule has 2 rings (SSSR count). The van der Waals surface area contributed by atoms with Crippen molar-refractivity contribution in [2.45, 2.75) is 18.7 Å². The van der Waals surface area contributed by atoms with Crippen LogP contribution in [0, 0.1) is 6.92 Å². The van der Waals surface area contributed by atoms with Gasteiger partial charge >= 0.3 is 5.97 Å². The molecule has 0 spiro atoms. The Hall–Kier alpha value is -2.54. The fraction of sp³-hybridized carbons (Fsp3) is 0.278. The summed E-state index contributed by atoms with van der Waals surface area (Å²) in [6, 6.07) is 11.0. The molecule has 0 aromatic heterocycles. The Morgan fingerprint density at radius 2 is 1.88 bits per heavy atom. The number of methoxy groups -OCH3 is 1. The first-order chi connectivity index (χ1) is 11.8. The first kappa shape index (κ1) is 18.8. The average molecular weight is 363 g/mol. The van der Waals surface area contributed by atoms with Crippen LogP contribution in [0.1, 0.15) is 22.8 Å². The molecule has 0 N–H and O–H groups in total. The summed E-state index contributed by atoms with van der Waals surface area (Å²) in [7, 11) is -0.794. The predicted octanol–water partition coefficient (Wildman–Crippen LogP) is 3.01. The third kappa shape index (κ3) is 3.93. The quantitative estimate of drug-likeness (QED) is 0.738. The maximum absolute atomic E-state index is 12.9. The summed E-state index contributed by atoms with van der Waals surface area (Å²) in [5.74, 6) is 0.126. The normalized spacial score (nSPS) is 11.0. The van der Waals surface area contributed by atoms with Crippen LogP contribution in [0.4, 0.5) is 5.69 Å². The van der Waals surface area contributed by atoms with Gasteiger partial charge < -0.3 is 9.47 Å². The van der Waals surface area contributed by atoms with Crippen LogP contribution in [0.15, 0.2) is 47.4 Å². The second kappa shape index (κ2) is 7.57. The van der Waals surface area contributed by atoms with Crippen molar-refractivity contribution in [3.63, 3.8) is 0 Å². The smallest absolute Gasteiger partial charge is 0.338 e. The van der Waals surface area contributed by atoms with Crippen molar-refractivity contribution in [1.29, 1.82) is 0 Å². The third-order valence-electron chi connectivity index (χ3n) is 3.75. The number of aryl methyl sites for hydroxylation is 1. The van der Waals surface area contributed by atoms with Crippen LogP contribution in [-0.2, 0) is 14.8 Å². The minimum absolute atomic E-state index is 0.148. The highest BCUT2D eigenvalue weighted by Crippen LogP contribution is 2.26. The minimum atomic E-state index is -3.77. The summed E-state index contributed by atoms with van der Waals surface area (Å²) < 4.78 is 37.0. The summed E-state index contributed by atoms with van der Waals surface area (Å²) in [6.45, 7) is 3.74. The number of nitrogens with zero attached hydrogens (tertiary/aromatic N) is 1. The highest BCUT2D eigenvalue weighted by atomic mass is 32.2. The van der Waals surface area contributed by atoms with Gasteiger partial charge in [-0.05, 0) is 55.8 Å². The van der Waals surface area contributed by atoms with Gasteiger partial charge in [0.25, 0.3) is 10.0 Å². The van der Waals surface area contributed by atoms with Gasteiger partial charge in [0, 0.05) is 7.05 Å². The lowest BCUT2D eigenvalue weighted by Gasteiger charge is -2.20. The summed E-state index contributed by atoms with van der Waals surface area (Å²) >= 11 is 0. The van der Waals surface area contributed by atoms with E-state index in [-0.39, 0.29) is 11.5 Å². The Labute approximate surface area is 148 Å². The van der Waals surface area contributed by atoms with Gasteiger partial charge in [0.05, 0.1) is 29.9 Å². The number of benzene rings is 2. The molecule has 7 heteroatoms. The lowest BCUT2D eigenvalue weighted by molar-refractivity contribution is 0.0526. The second-order valence-corrected chi connectivity index (χ2v) is 7.34. The minimum Gasteiger partial charge on any atom is -0.496 e. The van der Waals surface area contributed by atoms with Crippen LogP contribution in [-0.4, -0.2) is 35.2 Å². The van der Waals surface area contributed by atoms with Crippen LogP contribution < -0.4 is 9.04 Å². The Bertz CT molecular complexity index is 877. The van der Waals surface area contributed by atoms with Crippen LogP contribution in [0.3, 0.4) is 0 Å². The first-order valence-electron chi connectivity index (χ1n) is 7.72. The number of sulfonamides is 1. The Kier molecular flexibility index (Phi) is 5.69. The van der Waals surface area contributed by atoms with Crippen LogP contribution >= 0.6 is 0 Å². The standard InChI is InChI=1S/C18H21NO5S/c1-5-24-18(20)14-7-6-8-15(12-14)19(3)25(21,22)16-9-10-17(23-4)13(2)11-16/h6-12H,5H2,1-4H3. The van der Waals surface area contributed by atoms with E-state index >= 15 is 0 Å². The zero-order valence-corrected chi connectivity index (χ0v) is 15.5. The lowest BCUT2D eigenvalue weighted by Crippen LogP contribution is -2.26. The van der Waals surface area contributed by atoms with Gasteiger partial charge in [-0.25, -0.2) is 13.2 Å². The molecule has 0 aliphatic rings. The maximum Gasteiger partial charge on any atom is 0.338 e. The second-order valence-electron chi connectivity index (χ2n) is 5.37. The van der Waals surface area contributed by atoms with E-state index in [4.69, 9.17) is 9.47 Å². The van der Waals surface area contributed by atoms with Crippen LogP contribution in [0.2, 0.25) is 0 Å². The van der Waals surface area contributed by atoms with E-state index in [1.165, 1.54) is 26.3 Å². The molecule has 6 nitrogen and oxygen atoms in total. The average Bonchev–Trinajstić information content (AvgIpc) is 2.61. The Balaban J connectivity index is 2.39. The number of ether oxygens (including phenoxy) is 2. The number of rotatable bonds is 6. The van der Waals surface area contributed by atoms with Crippen molar-refractivity contribution in [3.8, 4) is 5.75 Å². The molecule has 0 aliphatic heterocycles. The summed E-state index contributed by atoms with van der Waals surface area (Å²) in [5, 5.41) is 0. The first-order valence-corrected chi connectivity index (χ1v) is 9.16. The van der Waals surface area contributed by atoms with Gasteiger partial charge in [0.15, 0.2) is 0 Å². The highest BCUT2D eigenvalue weighted by molar-refractivity contribution is 7.92. The molecule has 134 valence electrons. The molecule has 0 unspecified atom stereocenters. The van der Waals surface area contributed by atoms with E-state index in [9.17, 15) is 13.2 Å². The van der Waals surface area contributed by atoms with Gasteiger partial charge in [-0.2, -0.15) is 0 Å². The third-order valence-corrected chi connectivity index (χ3v) is 5.53. The molecule has 0 amide bonds. The van der Waals surface area contributed by atoms with E-state index in [0.717, 1.165) is 9.87 Å². The molecule has 0 aliphatic carbocycles. The molecule has 0 atom stereocenters. The van der Waals surface area contributed by atoms with Gasteiger partial charge in [0.1, 0.15) is 5.75 Å². The zero-order chi connectivity index (χ0) is 18.6. The van der Waals surface area contributed by atoms with E-state index in [0.29, 0.717) is 17.0 Å². The molecular weight excluding hydrogens is 342 g/mol. The molecule has 0 saturated carbocycles. The molecule has 2 aromatic rings. The van der Waals surface area contributed by atoms with Crippen molar-refractivity contribution < 1.29 is 22.7 Å². The molecule has 25 heavy (non-hydrogen) atoms. The van der Waals surface area contributed by atoms with Crippen molar-refractivity contribution >= 4 is 21.7 Å². The number of esters is 1. The molecule has 0 saturated heterocycles. The molecule has 0 radical (unpaired) electrons. The summed E-state index contributed by atoms with van der Waals surface area (Å²) in [4.78, 5) is 12.0. The van der Waals surface area contributed by atoms with E-state index in [1.54, 1.807) is 44.2 Å². The SMILES string of the molecule is CCOC(=O)c1cccc(N(C)S(=O)(=O)c2ccc(OC)c(C)c2)c1. The number of carbonyl (C=O) groups is 1. The fourth-order valence-electron chi connectivity index (χ4n) is 2.35. The largest absolute Gasteiger partial charge is 0.496 e. The molecule has 0 fully saturated rings. The van der Waals surface area contributed by atoms with Crippen molar-refractivity contribution in [2.75, 3.05) is 25.1 Å². The number of carbonyl (C=O) groups excluding carboxylic acids is 1. The molecular formula is C18H21NO5S. The van der Waals surface area contributed by atoms with Gasteiger partial charge in [0.2, 0.25) is 0 Å². The van der Waals surface area contributed by atoms with E-state index in [2.05, 4.69) is 0 Å². The van der Waals surface area contributed by atoms with E-state index < -0.39 is 16.0 Å². The van der Waals surface area contributed by atoms with Gasteiger partial charge in [-0.1, -0.05) is 6.07 Å². The number of anilines is 1. The monoisotopic (exact) mass is 363 g/mol. The molecule has 2 aromatic carbocycles. The Morgan fingerprint density at radius 3 is 2.48 bits per heavy atom. The predicted molar refractivity (Wildman–Crippen MR) is 95.7 cm³/mol. The van der Waals surface area contributed by atoms with Gasteiger partial charge in [-0.15, -0.1) is 0 Å². The number of hydrogen-bond donors (Lipinski definition) is 0.